The summed E-state index contributed by atoms with van der Waals surface area (Å²) in [6.07, 6.45) is 2.99. The normalized spacial score (nSPS) is 20.4. The van der Waals surface area contributed by atoms with Crippen LogP contribution in [0.5, 0.6) is 17.2 Å². The Hall–Kier alpha value is -4.23. The number of ether oxygens (including phenoxy) is 3. The summed E-state index contributed by atoms with van der Waals surface area (Å²) in [6, 6.07) is 19.2. The van der Waals surface area contributed by atoms with Crippen molar-refractivity contribution in [2.75, 3.05) is 86.8 Å². The van der Waals surface area contributed by atoms with Gasteiger partial charge < -0.3 is 39.3 Å². The van der Waals surface area contributed by atoms with Crippen LogP contribution in [-0.4, -0.2) is 129 Å². The average molecular weight is 783 g/mol. The minimum absolute atomic E-state index is 0.0208. The lowest BCUT2D eigenvalue weighted by Crippen LogP contribution is -2.59. The van der Waals surface area contributed by atoms with Gasteiger partial charge in [-0.05, 0) is 67.6 Å². The predicted octanol–water partition coefficient (Wildman–Crippen LogP) is 5.60. The van der Waals surface area contributed by atoms with Crippen LogP contribution in [0.2, 0.25) is 10.0 Å². The minimum Gasteiger partial charge on any atom is -0.493 e. The molecule has 0 bridgehead atoms. The van der Waals surface area contributed by atoms with Crippen molar-refractivity contribution in [3.63, 3.8) is 0 Å². The van der Waals surface area contributed by atoms with Crippen molar-refractivity contribution in [1.82, 2.24) is 24.9 Å². The number of methoxy groups -OCH3 is 3. The number of nitrogens with one attached hydrogen (secondary N) is 1. The van der Waals surface area contributed by atoms with Crippen LogP contribution in [0.3, 0.4) is 0 Å². The van der Waals surface area contributed by atoms with E-state index >= 15 is 0 Å². The molecule has 0 saturated carbocycles. The van der Waals surface area contributed by atoms with Crippen molar-refractivity contribution in [3.05, 3.63) is 87.4 Å². The lowest BCUT2D eigenvalue weighted by molar-refractivity contribution is -0.138. The number of benzene rings is 3. The van der Waals surface area contributed by atoms with E-state index in [1.54, 1.807) is 17.0 Å². The van der Waals surface area contributed by atoms with Gasteiger partial charge in [-0.2, -0.15) is 0 Å². The van der Waals surface area contributed by atoms with Crippen molar-refractivity contribution >= 4 is 41.1 Å². The van der Waals surface area contributed by atoms with Crippen molar-refractivity contribution < 1.29 is 33.7 Å². The SMILES string of the molecule is COc1cc(C(=O)N2CC[C@@](CCN3CCC(NC(=O)N4CCN(CC(=O)O)CC4)(c4ccccc4)CC3)(c3ccc(Cl)c(Cl)c3)C2)cc(OC)c1OC. The summed E-state index contributed by atoms with van der Waals surface area (Å²) in [6.45, 7) is 5.37. The molecule has 290 valence electrons. The summed E-state index contributed by atoms with van der Waals surface area (Å²) in [5.41, 5.74) is 1.67. The largest absolute Gasteiger partial charge is 0.493 e. The number of urea groups is 1. The molecule has 0 spiro atoms. The van der Waals surface area contributed by atoms with Gasteiger partial charge in [0.2, 0.25) is 5.75 Å². The number of hydrogen-bond acceptors (Lipinski definition) is 8. The number of piperidine rings is 1. The predicted molar refractivity (Wildman–Crippen MR) is 207 cm³/mol. The monoisotopic (exact) mass is 781 g/mol. The highest BCUT2D eigenvalue weighted by Gasteiger charge is 2.44. The molecule has 3 heterocycles. The van der Waals surface area contributed by atoms with E-state index in [2.05, 4.69) is 22.3 Å². The highest BCUT2D eigenvalue weighted by atomic mass is 35.5. The number of likely N-dealkylation sites (tertiary alicyclic amines) is 2. The van der Waals surface area contributed by atoms with Gasteiger partial charge in [0.05, 0.1) is 43.5 Å². The van der Waals surface area contributed by atoms with E-state index in [1.165, 1.54) is 21.3 Å². The smallest absolute Gasteiger partial charge is 0.318 e. The number of carboxylic acid groups (broad SMARTS) is 1. The van der Waals surface area contributed by atoms with E-state index in [4.69, 9.17) is 37.4 Å². The maximum atomic E-state index is 14.0. The summed E-state index contributed by atoms with van der Waals surface area (Å²) < 4.78 is 16.5. The Balaban J connectivity index is 1.16. The molecule has 6 rings (SSSR count). The molecule has 3 aliphatic rings. The number of carbonyl (C=O) groups is 3. The molecule has 54 heavy (non-hydrogen) atoms. The first-order valence-corrected chi connectivity index (χ1v) is 19.1. The Kier molecular flexibility index (Phi) is 12.5. The Bertz CT molecular complexity index is 1790. The van der Waals surface area contributed by atoms with Gasteiger partial charge in [-0.15, -0.1) is 0 Å². The third kappa shape index (κ3) is 8.52. The van der Waals surface area contributed by atoms with E-state index in [0.717, 1.165) is 56.4 Å². The summed E-state index contributed by atoms with van der Waals surface area (Å²) in [5, 5.41) is 13.6. The molecule has 3 aliphatic heterocycles. The first-order chi connectivity index (χ1) is 26.0. The van der Waals surface area contributed by atoms with E-state index < -0.39 is 11.5 Å². The molecule has 1 atom stereocenters. The lowest BCUT2D eigenvalue weighted by Gasteiger charge is -2.45. The molecule has 14 heteroatoms. The second-order valence-electron chi connectivity index (χ2n) is 14.4. The molecule has 0 radical (unpaired) electrons. The molecular formula is C40H49Cl2N5O7. The molecule has 3 amide bonds. The standard InChI is InChI=1S/C40H49Cl2N5O7/c1-52-33-23-28(24-34(53-2)36(33)54-3)37(50)47-18-12-39(27-47,30-9-10-31(41)32(42)25-30)11-15-44-16-13-40(14-17-44,29-7-5-4-6-8-29)43-38(51)46-21-19-45(20-22-46)26-35(48)49/h4-10,23-25H,11-22,26-27H2,1-3H3,(H,43,51)(H,48,49)/t39-/m1/s1. The van der Waals surface area contributed by atoms with Crippen LogP contribution in [-0.2, 0) is 15.7 Å². The van der Waals surface area contributed by atoms with Gasteiger partial charge in [-0.1, -0.05) is 59.6 Å². The van der Waals surface area contributed by atoms with Crippen LogP contribution in [0.15, 0.2) is 60.7 Å². The molecule has 3 saturated heterocycles. The topological polar surface area (TPSA) is 124 Å². The fourth-order valence-corrected chi connectivity index (χ4v) is 8.50. The summed E-state index contributed by atoms with van der Waals surface area (Å²) >= 11 is 12.9. The zero-order valence-corrected chi connectivity index (χ0v) is 32.6. The third-order valence-electron chi connectivity index (χ3n) is 11.4. The first-order valence-electron chi connectivity index (χ1n) is 18.3. The third-order valence-corrected chi connectivity index (χ3v) is 12.1. The summed E-state index contributed by atoms with van der Waals surface area (Å²) in [5.74, 6) is 0.278. The van der Waals surface area contributed by atoms with Crippen molar-refractivity contribution in [3.8, 4) is 17.2 Å². The van der Waals surface area contributed by atoms with Crippen LogP contribution in [0.4, 0.5) is 4.79 Å². The second kappa shape index (κ2) is 17.1. The molecule has 0 aliphatic carbocycles. The quantitative estimate of drug-likeness (QED) is 0.242. The Morgan fingerprint density at radius 1 is 0.741 bits per heavy atom. The van der Waals surface area contributed by atoms with Gasteiger partial charge in [0.15, 0.2) is 11.5 Å². The number of aliphatic carboxylic acids is 1. The number of piperazine rings is 1. The number of hydrogen-bond donors (Lipinski definition) is 2. The Labute approximate surface area is 326 Å². The van der Waals surface area contributed by atoms with E-state index in [-0.39, 0.29) is 23.9 Å². The second-order valence-corrected chi connectivity index (χ2v) is 15.2. The van der Waals surface area contributed by atoms with Gasteiger partial charge in [-0.3, -0.25) is 14.5 Å². The zero-order chi connectivity index (χ0) is 38.5. The maximum Gasteiger partial charge on any atom is 0.318 e. The highest BCUT2D eigenvalue weighted by molar-refractivity contribution is 6.42. The number of carboxylic acids is 1. The molecule has 0 unspecified atom stereocenters. The van der Waals surface area contributed by atoms with Crippen molar-refractivity contribution in [2.24, 2.45) is 0 Å². The Morgan fingerprint density at radius 2 is 1.41 bits per heavy atom. The van der Waals surface area contributed by atoms with Crippen LogP contribution in [0.25, 0.3) is 0 Å². The van der Waals surface area contributed by atoms with Crippen LogP contribution in [0, 0.1) is 0 Å². The molecule has 2 N–H and O–H groups in total. The molecule has 0 aromatic heterocycles. The Morgan fingerprint density at radius 3 is 2.00 bits per heavy atom. The van der Waals surface area contributed by atoms with Crippen molar-refractivity contribution in [2.45, 2.75) is 36.6 Å². The molecule has 3 aromatic carbocycles. The first kappa shape index (κ1) is 39.5. The fourth-order valence-electron chi connectivity index (χ4n) is 8.20. The van der Waals surface area contributed by atoms with Crippen LogP contribution in [0.1, 0.15) is 47.2 Å². The zero-order valence-electron chi connectivity index (χ0n) is 31.1. The molecular weight excluding hydrogens is 733 g/mol. The van der Waals surface area contributed by atoms with E-state index in [0.29, 0.717) is 72.1 Å². The number of rotatable bonds is 12. The number of carbonyl (C=O) groups excluding carboxylic acids is 2. The molecule has 3 aromatic rings. The highest BCUT2D eigenvalue weighted by Crippen LogP contribution is 2.43. The number of nitrogens with zero attached hydrogens (tertiary/aromatic N) is 4. The van der Waals surface area contributed by atoms with Crippen molar-refractivity contribution in [1.29, 1.82) is 0 Å². The molecule has 12 nitrogen and oxygen atoms in total. The van der Waals surface area contributed by atoms with E-state index in [9.17, 15) is 19.5 Å². The van der Waals surface area contributed by atoms with Gasteiger partial charge >= 0.3 is 12.0 Å². The van der Waals surface area contributed by atoms with Crippen LogP contribution >= 0.6 is 23.2 Å². The van der Waals surface area contributed by atoms with Gasteiger partial charge in [0.25, 0.3) is 5.91 Å². The van der Waals surface area contributed by atoms with E-state index in [1.807, 2.05) is 46.2 Å². The van der Waals surface area contributed by atoms with Gasteiger partial charge in [0, 0.05) is 63.3 Å². The maximum absolute atomic E-state index is 14.0. The van der Waals surface area contributed by atoms with Gasteiger partial charge in [0.1, 0.15) is 0 Å². The summed E-state index contributed by atoms with van der Waals surface area (Å²) in [4.78, 5) is 46.9. The van der Waals surface area contributed by atoms with Crippen LogP contribution < -0.4 is 19.5 Å². The minimum atomic E-state index is -0.861. The molecule has 3 fully saturated rings. The van der Waals surface area contributed by atoms with Gasteiger partial charge in [-0.25, -0.2) is 4.79 Å². The number of halogens is 2. The fraction of sp³-hybridized carbons (Fsp3) is 0.475. The average Bonchev–Trinajstić information content (AvgIpc) is 3.63. The number of amides is 3. The summed E-state index contributed by atoms with van der Waals surface area (Å²) in [7, 11) is 4.59. The lowest BCUT2D eigenvalue weighted by atomic mass is 9.76.